The molecule has 0 bridgehead atoms. The van der Waals surface area contributed by atoms with E-state index in [1.54, 1.807) is 24.3 Å². The molecule has 0 amide bonds. The van der Waals surface area contributed by atoms with E-state index in [1.165, 1.54) is 0 Å². The van der Waals surface area contributed by atoms with E-state index >= 15 is 0 Å². The van der Waals surface area contributed by atoms with Crippen molar-refractivity contribution in [3.8, 4) is 0 Å². The molecule has 1 aliphatic heterocycles. The Morgan fingerprint density at radius 1 is 1.12 bits per heavy atom. The second-order valence-electron chi connectivity index (χ2n) is 6.50. The number of hydrogen-bond acceptors (Lipinski definition) is 5. The number of sulfonamides is 1. The van der Waals surface area contributed by atoms with Gasteiger partial charge in [0.15, 0.2) is 0 Å². The van der Waals surface area contributed by atoms with Gasteiger partial charge in [-0.2, -0.15) is 0 Å². The zero-order valence-electron chi connectivity index (χ0n) is 14.6. The van der Waals surface area contributed by atoms with Crippen molar-refractivity contribution < 1.29 is 18.3 Å². The van der Waals surface area contributed by atoms with Crippen molar-refractivity contribution in [2.45, 2.75) is 36.6 Å². The molecule has 2 aromatic carbocycles. The molecule has 1 aliphatic rings. The van der Waals surface area contributed by atoms with Crippen LogP contribution in [0, 0.1) is 6.92 Å². The fourth-order valence-electron chi connectivity index (χ4n) is 2.88. The smallest absolute Gasteiger partial charge is 0.240 e. The minimum absolute atomic E-state index is 0.0287. The average molecular weight is 376 g/mol. The van der Waals surface area contributed by atoms with Crippen molar-refractivity contribution in [2.75, 3.05) is 13.2 Å². The molecule has 1 saturated heterocycles. The van der Waals surface area contributed by atoms with Gasteiger partial charge >= 0.3 is 0 Å². The maximum absolute atomic E-state index is 12.3. The minimum atomic E-state index is -3.62. The summed E-state index contributed by atoms with van der Waals surface area (Å²) >= 11 is 0. The van der Waals surface area contributed by atoms with E-state index in [2.05, 4.69) is 10.0 Å². The Kier molecular flexibility index (Phi) is 6.05. The van der Waals surface area contributed by atoms with Crippen molar-refractivity contribution >= 4 is 10.0 Å². The molecule has 3 rings (SSSR count). The maximum Gasteiger partial charge on any atom is 0.240 e. The molecule has 6 nitrogen and oxygen atoms in total. The second kappa shape index (κ2) is 8.28. The lowest BCUT2D eigenvalue weighted by Crippen LogP contribution is -2.44. The highest BCUT2D eigenvalue weighted by atomic mass is 32.2. The van der Waals surface area contributed by atoms with Crippen molar-refractivity contribution in [3.05, 3.63) is 65.7 Å². The van der Waals surface area contributed by atoms with Crippen LogP contribution in [0.4, 0.5) is 0 Å². The number of aryl methyl sites for hydroxylation is 1. The van der Waals surface area contributed by atoms with Crippen LogP contribution in [-0.4, -0.2) is 44.9 Å². The van der Waals surface area contributed by atoms with Gasteiger partial charge in [0.2, 0.25) is 10.0 Å². The fourth-order valence-corrected chi connectivity index (χ4v) is 3.93. The number of nitrogens with one attached hydrogen (secondary N) is 2. The predicted octanol–water partition coefficient (Wildman–Crippen LogP) is 1.19. The first kappa shape index (κ1) is 19.0. The molecule has 3 N–H and O–H groups in total. The Hall–Kier alpha value is -1.77. The summed E-state index contributed by atoms with van der Waals surface area (Å²) in [6, 6.07) is 16.3. The van der Waals surface area contributed by atoms with E-state index in [0.29, 0.717) is 13.2 Å². The molecule has 0 spiro atoms. The first-order valence-electron chi connectivity index (χ1n) is 8.59. The molecule has 0 saturated carbocycles. The summed E-state index contributed by atoms with van der Waals surface area (Å²) in [5.74, 6) is 0. The van der Waals surface area contributed by atoms with Crippen LogP contribution in [0.5, 0.6) is 0 Å². The van der Waals surface area contributed by atoms with Crippen LogP contribution in [0.2, 0.25) is 0 Å². The van der Waals surface area contributed by atoms with Crippen LogP contribution in [0.3, 0.4) is 0 Å². The van der Waals surface area contributed by atoms with Crippen LogP contribution < -0.4 is 10.0 Å². The summed E-state index contributed by atoms with van der Waals surface area (Å²) in [6.07, 6.45) is -1.36. The molecule has 2 aromatic rings. The zero-order chi connectivity index (χ0) is 18.6. The van der Waals surface area contributed by atoms with Gasteiger partial charge in [0.1, 0.15) is 0 Å². The van der Waals surface area contributed by atoms with Gasteiger partial charge in [-0.3, -0.25) is 0 Å². The van der Waals surface area contributed by atoms with Gasteiger partial charge in [0.25, 0.3) is 0 Å². The Morgan fingerprint density at radius 3 is 2.50 bits per heavy atom. The van der Waals surface area contributed by atoms with Crippen molar-refractivity contribution in [1.82, 2.24) is 10.0 Å². The molecule has 0 radical (unpaired) electrons. The summed E-state index contributed by atoms with van der Waals surface area (Å²) in [5.41, 5.74) is 2.11. The van der Waals surface area contributed by atoms with E-state index in [9.17, 15) is 13.5 Å². The topological polar surface area (TPSA) is 87.7 Å². The summed E-state index contributed by atoms with van der Waals surface area (Å²) in [4.78, 5) is 0.203. The fraction of sp³-hybridized carbons (Fsp3) is 0.368. The number of hydrogen-bond donors (Lipinski definition) is 3. The molecule has 140 valence electrons. The van der Waals surface area contributed by atoms with Crippen molar-refractivity contribution in [1.29, 1.82) is 0 Å². The zero-order valence-corrected chi connectivity index (χ0v) is 15.4. The largest absolute Gasteiger partial charge is 0.389 e. The van der Waals surface area contributed by atoms with Crippen molar-refractivity contribution in [2.24, 2.45) is 0 Å². The van der Waals surface area contributed by atoms with E-state index in [0.717, 1.165) is 11.1 Å². The molecule has 1 heterocycles. The standard InChI is InChI=1S/C19H24N2O4S/c1-14-7-9-16(10-8-14)26(23,24)21-12-18-19(22)17(13-25-18)20-11-15-5-3-2-4-6-15/h2-10,17-22H,11-13H2,1H3/t17-,18-,19+/m1/s1. The van der Waals surface area contributed by atoms with Crippen LogP contribution in [-0.2, 0) is 21.3 Å². The Labute approximate surface area is 154 Å². The van der Waals surface area contributed by atoms with Gasteiger partial charge in [-0.25, -0.2) is 13.1 Å². The van der Waals surface area contributed by atoms with Gasteiger partial charge in [-0.05, 0) is 24.6 Å². The molecular formula is C19H24N2O4S. The lowest BCUT2D eigenvalue weighted by atomic mass is 10.1. The molecule has 0 aliphatic carbocycles. The Morgan fingerprint density at radius 2 is 1.81 bits per heavy atom. The van der Waals surface area contributed by atoms with E-state index in [4.69, 9.17) is 4.74 Å². The molecule has 1 fully saturated rings. The number of ether oxygens (including phenoxy) is 1. The average Bonchev–Trinajstić information content (AvgIpc) is 2.99. The highest BCUT2D eigenvalue weighted by Gasteiger charge is 2.36. The van der Waals surface area contributed by atoms with Gasteiger partial charge in [-0.15, -0.1) is 0 Å². The van der Waals surface area contributed by atoms with Crippen LogP contribution in [0.15, 0.2) is 59.5 Å². The second-order valence-corrected chi connectivity index (χ2v) is 8.27. The van der Waals surface area contributed by atoms with E-state index < -0.39 is 22.2 Å². The normalized spacial score (nSPS) is 23.2. The highest BCUT2D eigenvalue weighted by molar-refractivity contribution is 7.89. The van der Waals surface area contributed by atoms with E-state index in [-0.39, 0.29) is 17.5 Å². The number of aliphatic hydroxyl groups excluding tert-OH is 1. The SMILES string of the molecule is Cc1ccc(S(=O)(=O)NC[C@H]2OC[C@@H](NCc3ccccc3)[C@@H]2O)cc1. The Balaban J connectivity index is 1.52. The molecule has 0 unspecified atom stereocenters. The van der Waals surface area contributed by atoms with Gasteiger partial charge in [0, 0.05) is 13.1 Å². The summed E-state index contributed by atoms with van der Waals surface area (Å²) in [7, 11) is -3.62. The van der Waals surface area contributed by atoms with Crippen LogP contribution in [0.1, 0.15) is 11.1 Å². The first-order chi connectivity index (χ1) is 12.5. The van der Waals surface area contributed by atoms with Gasteiger partial charge in [-0.1, -0.05) is 48.0 Å². The third-order valence-corrected chi connectivity index (χ3v) is 5.94. The summed E-state index contributed by atoms with van der Waals surface area (Å²) in [6.45, 7) is 2.88. The van der Waals surface area contributed by atoms with Gasteiger partial charge in [0.05, 0.1) is 29.8 Å². The number of benzene rings is 2. The predicted molar refractivity (Wildman–Crippen MR) is 99.2 cm³/mol. The van der Waals surface area contributed by atoms with Crippen molar-refractivity contribution in [3.63, 3.8) is 0 Å². The highest BCUT2D eigenvalue weighted by Crippen LogP contribution is 2.16. The molecular weight excluding hydrogens is 352 g/mol. The lowest BCUT2D eigenvalue weighted by molar-refractivity contribution is 0.0443. The third-order valence-electron chi connectivity index (χ3n) is 4.50. The molecule has 3 atom stereocenters. The lowest BCUT2D eigenvalue weighted by Gasteiger charge is -2.19. The van der Waals surface area contributed by atoms with Crippen LogP contribution >= 0.6 is 0 Å². The first-order valence-corrected chi connectivity index (χ1v) is 10.1. The summed E-state index contributed by atoms with van der Waals surface area (Å²) in [5, 5.41) is 13.7. The monoisotopic (exact) mass is 376 g/mol. The van der Waals surface area contributed by atoms with E-state index in [1.807, 2.05) is 37.3 Å². The maximum atomic E-state index is 12.3. The summed E-state index contributed by atoms with van der Waals surface area (Å²) < 4.78 is 32.8. The number of aliphatic hydroxyl groups is 1. The quantitative estimate of drug-likeness (QED) is 0.676. The van der Waals surface area contributed by atoms with Crippen LogP contribution in [0.25, 0.3) is 0 Å². The molecule has 26 heavy (non-hydrogen) atoms. The molecule has 0 aromatic heterocycles. The van der Waals surface area contributed by atoms with Gasteiger partial charge < -0.3 is 15.2 Å². The number of rotatable bonds is 7. The minimum Gasteiger partial charge on any atom is -0.389 e. The molecule has 7 heteroatoms. The third kappa shape index (κ3) is 4.69. The Bertz CT molecular complexity index is 809.